The summed E-state index contributed by atoms with van der Waals surface area (Å²) < 4.78 is 0. The zero-order valence-corrected chi connectivity index (χ0v) is 11.2. The molecule has 0 amide bonds. The van der Waals surface area contributed by atoms with Gasteiger partial charge in [0.05, 0.1) is 0 Å². The van der Waals surface area contributed by atoms with E-state index in [1.54, 1.807) is 0 Å². The lowest BCUT2D eigenvalue weighted by Gasteiger charge is -2.30. The van der Waals surface area contributed by atoms with Crippen LogP contribution in [0, 0.1) is 17.3 Å². The van der Waals surface area contributed by atoms with Crippen LogP contribution in [0.4, 0.5) is 0 Å². The van der Waals surface area contributed by atoms with Gasteiger partial charge in [0.15, 0.2) is 0 Å². The van der Waals surface area contributed by atoms with Gasteiger partial charge in [-0.05, 0) is 23.7 Å². The van der Waals surface area contributed by atoms with Crippen LogP contribution < -0.4 is 0 Å². The second kappa shape index (κ2) is 6.48. The highest BCUT2D eigenvalue weighted by atomic mass is 14.3. The Hall–Kier alpha value is 0. The molecule has 0 heterocycles. The van der Waals surface area contributed by atoms with E-state index in [1.807, 2.05) is 0 Å². The Morgan fingerprint density at radius 1 is 1.07 bits per heavy atom. The average Bonchev–Trinajstić information content (AvgIpc) is 2.09. The topological polar surface area (TPSA) is 0 Å². The molecule has 0 saturated carbocycles. The van der Waals surface area contributed by atoms with E-state index < -0.39 is 0 Å². The lowest BCUT2D eigenvalue weighted by atomic mass is 9.76. The van der Waals surface area contributed by atoms with Gasteiger partial charge in [-0.25, -0.2) is 0 Å². The molecule has 0 bridgehead atoms. The van der Waals surface area contributed by atoms with Crippen LogP contribution in [0.3, 0.4) is 0 Å². The van der Waals surface area contributed by atoms with E-state index in [-0.39, 0.29) is 0 Å². The summed E-state index contributed by atoms with van der Waals surface area (Å²) >= 11 is 0. The third-order valence-electron chi connectivity index (χ3n) is 3.25. The van der Waals surface area contributed by atoms with Crippen LogP contribution in [0.5, 0.6) is 0 Å². The Morgan fingerprint density at radius 2 is 1.64 bits per heavy atom. The van der Waals surface area contributed by atoms with Gasteiger partial charge >= 0.3 is 0 Å². The first-order valence-electron chi connectivity index (χ1n) is 6.40. The monoisotopic (exact) mass is 198 g/mol. The fraction of sp³-hybridized carbons (Fsp3) is 1.00. The Bertz CT molecular complexity index is 129. The van der Waals surface area contributed by atoms with Crippen LogP contribution in [-0.2, 0) is 0 Å². The summed E-state index contributed by atoms with van der Waals surface area (Å²) in [7, 11) is 0. The normalized spacial score (nSPS) is 16.7. The molecule has 0 aliphatic carbocycles. The zero-order valence-electron chi connectivity index (χ0n) is 11.2. The van der Waals surface area contributed by atoms with Gasteiger partial charge in [-0.2, -0.15) is 0 Å². The van der Waals surface area contributed by atoms with Crippen molar-refractivity contribution in [2.75, 3.05) is 0 Å². The second-order valence-corrected chi connectivity index (χ2v) is 6.05. The Morgan fingerprint density at radius 3 is 2.00 bits per heavy atom. The molecule has 2 unspecified atom stereocenters. The summed E-state index contributed by atoms with van der Waals surface area (Å²) in [5.74, 6) is 1.85. The van der Waals surface area contributed by atoms with E-state index in [1.165, 1.54) is 32.1 Å². The maximum absolute atomic E-state index is 2.42. The van der Waals surface area contributed by atoms with E-state index >= 15 is 0 Å². The van der Waals surface area contributed by atoms with E-state index in [4.69, 9.17) is 0 Å². The molecule has 0 saturated heterocycles. The first kappa shape index (κ1) is 14.0. The van der Waals surface area contributed by atoms with E-state index in [9.17, 15) is 0 Å². The quantitative estimate of drug-likeness (QED) is 0.545. The number of unbranched alkanes of at least 4 members (excludes halogenated alkanes) is 1. The molecule has 0 nitrogen and oxygen atoms in total. The second-order valence-electron chi connectivity index (χ2n) is 6.05. The van der Waals surface area contributed by atoms with Crippen molar-refractivity contribution in [2.45, 2.75) is 73.6 Å². The van der Waals surface area contributed by atoms with Gasteiger partial charge in [0.2, 0.25) is 0 Å². The Labute approximate surface area is 91.5 Å². The zero-order chi connectivity index (χ0) is 11.2. The molecule has 0 aromatic carbocycles. The first-order valence-corrected chi connectivity index (χ1v) is 6.40. The summed E-state index contributed by atoms with van der Waals surface area (Å²) in [6.45, 7) is 14.2. The third kappa shape index (κ3) is 6.45. The molecule has 0 aliphatic heterocycles. The summed E-state index contributed by atoms with van der Waals surface area (Å²) in [5, 5.41) is 0. The molecule has 2 atom stereocenters. The van der Waals surface area contributed by atoms with Crippen molar-refractivity contribution in [2.24, 2.45) is 17.3 Å². The van der Waals surface area contributed by atoms with Crippen molar-refractivity contribution in [1.82, 2.24) is 0 Å². The Balaban J connectivity index is 4.10. The van der Waals surface area contributed by atoms with Gasteiger partial charge in [-0.15, -0.1) is 0 Å². The van der Waals surface area contributed by atoms with Gasteiger partial charge in [-0.1, -0.05) is 67.2 Å². The van der Waals surface area contributed by atoms with Crippen LogP contribution in [0.1, 0.15) is 73.6 Å². The molecule has 0 spiro atoms. The SMILES string of the molecule is CCCCC(CC(C)(C)C)C(C)CC. The van der Waals surface area contributed by atoms with Crippen LogP contribution in [0.15, 0.2) is 0 Å². The lowest BCUT2D eigenvalue weighted by Crippen LogP contribution is -2.19. The smallest absolute Gasteiger partial charge is 0.0380 e. The summed E-state index contributed by atoms with van der Waals surface area (Å²) in [6.07, 6.45) is 6.91. The van der Waals surface area contributed by atoms with Crippen LogP contribution in [-0.4, -0.2) is 0 Å². The fourth-order valence-electron chi connectivity index (χ4n) is 2.17. The van der Waals surface area contributed by atoms with E-state index in [0.29, 0.717) is 5.41 Å². The van der Waals surface area contributed by atoms with Crippen LogP contribution >= 0.6 is 0 Å². The average molecular weight is 198 g/mol. The minimum absolute atomic E-state index is 0.502. The first-order chi connectivity index (χ1) is 6.40. The van der Waals surface area contributed by atoms with Crippen molar-refractivity contribution in [3.63, 3.8) is 0 Å². The molecule has 0 radical (unpaired) electrons. The third-order valence-corrected chi connectivity index (χ3v) is 3.25. The summed E-state index contributed by atoms with van der Waals surface area (Å²) in [4.78, 5) is 0. The van der Waals surface area contributed by atoms with Crippen molar-refractivity contribution >= 4 is 0 Å². The number of rotatable bonds is 6. The summed E-state index contributed by atoms with van der Waals surface area (Å²) in [5.41, 5.74) is 0.502. The highest BCUT2D eigenvalue weighted by Gasteiger charge is 2.22. The van der Waals surface area contributed by atoms with E-state index in [0.717, 1.165) is 11.8 Å². The summed E-state index contributed by atoms with van der Waals surface area (Å²) in [6, 6.07) is 0. The molecule has 0 fully saturated rings. The highest BCUT2D eigenvalue weighted by Crippen LogP contribution is 2.33. The maximum atomic E-state index is 2.42. The lowest BCUT2D eigenvalue weighted by molar-refractivity contribution is 0.213. The molecule has 14 heavy (non-hydrogen) atoms. The minimum Gasteiger partial charge on any atom is -0.0654 e. The molecule has 0 N–H and O–H groups in total. The van der Waals surface area contributed by atoms with Crippen molar-refractivity contribution in [3.8, 4) is 0 Å². The van der Waals surface area contributed by atoms with Gasteiger partial charge in [-0.3, -0.25) is 0 Å². The molecule has 0 rings (SSSR count). The molecule has 0 aromatic heterocycles. The van der Waals surface area contributed by atoms with Crippen LogP contribution in [0.2, 0.25) is 0 Å². The molecular formula is C14H30. The predicted octanol–water partition coefficient (Wildman–Crippen LogP) is 5.28. The highest BCUT2D eigenvalue weighted by molar-refractivity contribution is 4.73. The maximum Gasteiger partial charge on any atom is -0.0380 e. The van der Waals surface area contributed by atoms with Crippen molar-refractivity contribution in [3.05, 3.63) is 0 Å². The van der Waals surface area contributed by atoms with Gasteiger partial charge in [0.1, 0.15) is 0 Å². The molecule has 86 valence electrons. The van der Waals surface area contributed by atoms with Gasteiger partial charge in [0.25, 0.3) is 0 Å². The van der Waals surface area contributed by atoms with Crippen molar-refractivity contribution in [1.29, 1.82) is 0 Å². The fourth-order valence-corrected chi connectivity index (χ4v) is 2.17. The molecular weight excluding hydrogens is 168 g/mol. The predicted molar refractivity (Wildman–Crippen MR) is 66.5 cm³/mol. The molecule has 0 aliphatic rings. The Kier molecular flexibility index (Phi) is 6.48. The number of hydrogen-bond donors (Lipinski definition) is 0. The largest absolute Gasteiger partial charge is 0.0654 e. The van der Waals surface area contributed by atoms with Crippen molar-refractivity contribution < 1.29 is 0 Å². The van der Waals surface area contributed by atoms with Crippen LogP contribution in [0.25, 0.3) is 0 Å². The van der Waals surface area contributed by atoms with Gasteiger partial charge in [0, 0.05) is 0 Å². The van der Waals surface area contributed by atoms with Gasteiger partial charge < -0.3 is 0 Å². The minimum atomic E-state index is 0.502. The standard InChI is InChI=1S/C14H30/c1-7-9-10-13(12(3)8-2)11-14(4,5)6/h12-13H,7-11H2,1-6H3. The molecule has 0 aromatic rings. The molecule has 0 heteroatoms. The van der Waals surface area contributed by atoms with E-state index in [2.05, 4.69) is 41.5 Å². The number of hydrogen-bond acceptors (Lipinski definition) is 0.